The Morgan fingerprint density at radius 3 is 1.97 bits per heavy atom. The minimum atomic E-state index is -4.10. The molecule has 9 nitrogen and oxygen atoms in total. The van der Waals surface area contributed by atoms with Crippen LogP contribution in [0.5, 0.6) is 23.0 Å². The monoisotopic (exact) mass is 542 g/mol. The van der Waals surface area contributed by atoms with E-state index in [1.165, 1.54) is 32.4 Å². The van der Waals surface area contributed by atoms with Crippen LogP contribution in [-0.4, -0.2) is 55.9 Å². The summed E-state index contributed by atoms with van der Waals surface area (Å²) in [7, 11) is 1.97. The van der Waals surface area contributed by atoms with Gasteiger partial charge < -0.3 is 24.3 Å². The zero-order valence-electron chi connectivity index (χ0n) is 22.3. The highest BCUT2D eigenvalue weighted by molar-refractivity contribution is 7.92. The van der Waals surface area contributed by atoms with Crippen LogP contribution in [0.4, 0.5) is 5.69 Å². The molecule has 0 saturated heterocycles. The SMILES string of the molecule is COc1ccc(CCCNC(=O)CN(c2ccc(C)cc2)S(=O)(=O)c2ccc(OC)c(OC)c2)cc1OC. The summed E-state index contributed by atoms with van der Waals surface area (Å²) in [4.78, 5) is 12.9. The van der Waals surface area contributed by atoms with Crippen molar-refractivity contribution in [1.82, 2.24) is 5.32 Å². The van der Waals surface area contributed by atoms with Gasteiger partial charge in [0.05, 0.1) is 39.0 Å². The number of rotatable bonds is 13. The molecule has 3 aromatic carbocycles. The molecule has 0 aliphatic carbocycles. The third-order valence-electron chi connectivity index (χ3n) is 5.96. The predicted octanol–water partition coefficient (Wildman–Crippen LogP) is 3.97. The third kappa shape index (κ3) is 6.89. The Bertz CT molecular complexity index is 1340. The molecule has 38 heavy (non-hydrogen) atoms. The zero-order chi connectivity index (χ0) is 27.7. The minimum Gasteiger partial charge on any atom is -0.493 e. The van der Waals surface area contributed by atoms with E-state index in [0.717, 1.165) is 15.4 Å². The van der Waals surface area contributed by atoms with Crippen LogP contribution in [0.15, 0.2) is 65.6 Å². The fourth-order valence-corrected chi connectivity index (χ4v) is 5.31. The maximum atomic E-state index is 13.7. The molecule has 0 atom stereocenters. The molecule has 1 N–H and O–H groups in total. The second kappa shape index (κ2) is 13.0. The number of ether oxygens (including phenoxy) is 4. The normalized spacial score (nSPS) is 11.0. The van der Waals surface area contributed by atoms with Crippen molar-refractivity contribution in [3.63, 3.8) is 0 Å². The molecule has 0 aliphatic rings. The molecule has 0 spiro atoms. The maximum absolute atomic E-state index is 13.7. The molecule has 0 heterocycles. The van der Waals surface area contributed by atoms with E-state index in [2.05, 4.69) is 5.32 Å². The third-order valence-corrected chi connectivity index (χ3v) is 7.73. The van der Waals surface area contributed by atoms with Gasteiger partial charge in [0.15, 0.2) is 23.0 Å². The summed E-state index contributed by atoms with van der Waals surface area (Å²) in [5.41, 5.74) is 2.39. The number of carbonyl (C=O) groups is 1. The van der Waals surface area contributed by atoms with Crippen LogP contribution in [0.3, 0.4) is 0 Å². The number of benzene rings is 3. The zero-order valence-corrected chi connectivity index (χ0v) is 23.1. The summed E-state index contributed by atoms with van der Waals surface area (Å²) in [6, 6.07) is 17.0. The summed E-state index contributed by atoms with van der Waals surface area (Å²) in [6.45, 7) is 1.91. The first-order valence-corrected chi connectivity index (χ1v) is 13.5. The van der Waals surface area contributed by atoms with E-state index in [-0.39, 0.29) is 17.2 Å². The molecule has 0 aliphatic heterocycles. The lowest BCUT2D eigenvalue weighted by Crippen LogP contribution is -2.41. The Morgan fingerprint density at radius 1 is 0.789 bits per heavy atom. The number of hydrogen-bond donors (Lipinski definition) is 1. The lowest BCUT2D eigenvalue weighted by Gasteiger charge is -2.24. The van der Waals surface area contributed by atoms with Crippen LogP contribution in [0.2, 0.25) is 0 Å². The Kier molecular flexibility index (Phi) is 9.84. The maximum Gasteiger partial charge on any atom is 0.264 e. The smallest absolute Gasteiger partial charge is 0.264 e. The van der Waals surface area contributed by atoms with Gasteiger partial charge in [0.2, 0.25) is 5.91 Å². The first-order valence-electron chi connectivity index (χ1n) is 12.0. The summed E-state index contributed by atoms with van der Waals surface area (Å²) in [6.07, 6.45) is 1.36. The van der Waals surface area contributed by atoms with Crippen molar-refractivity contribution in [2.24, 2.45) is 0 Å². The van der Waals surface area contributed by atoms with E-state index in [1.54, 1.807) is 38.5 Å². The number of aryl methyl sites for hydroxylation is 2. The number of hydrogen-bond acceptors (Lipinski definition) is 7. The van der Waals surface area contributed by atoms with Crippen molar-refractivity contribution in [1.29, 1.82) is 0 Å². The number of amides is 1. The van der Waals surface area contributed by atoms with Gasteiger partial charge >= 0.3 is 0 Å². The summed E-state index contributed by atoms with van der Waals surface area (Å²) < 4.78 is 49.6. The highest BCUT2D eigenvalue weighted by atomic mass is 32.2. The topological polar surface area (TPSA) is 103 Å². The van der Waals surface area contributed by atoms with E-state index in [9.17, 15) is 13.2 Å². The highest BCUT2D eigenvalue weighted by Gasteiger charge is 2.28. The molecule has 0 fully saturated rings. The number of nitrogens with one attached hydrogen (secondary N) is 1. The summed E-state index contributed by atoms with van der Waals surface area (Å²) >= 11 is 0. The fraction of sp³-hybridized carbons (Fsp3) is 0.321. The van der Waals surface area contributed by atoms with Gasteiger partial charge in [-0.3, -0.25) is 9.10 Å². The minimum absolute atomic E-state index is 0.0167. The van der Waals surface area contributed by atoms with E-state index in [1.807, 2.05) is 25.1 Å². The van der Waals surface area contributed by atoms with Gasteiger partial charge in [-0.25, -0.2) is 8.42 Å². The highest BCUT2D eigenvalue weighted by Crippen LogP contribution is 2.32. The van der Waals surface area contributed by atoms with Crippen LogP contribution >= 0.6 is 0 Å². The molecule has 3 rings (SSSR count). The van der Waals surface area contributed by atoms with Gasteiger partial charge in [-0.2, -0.15) is 0 Å². The van der Waals surface area contributed by atoms with Gasteiger partial charge in [0.25, 0.3) is 10.0 Å². The quantitative estimate of drug-likeness (QED) is 0.326. The number of carbonyl (C=O) groups excluding carboxylic acids is 1. The first-order chi connectivity index (χ1) is 18.2. The molecular weight excluding hydrogens is 508 g/mol. The molecule has 1 amide bonds. The van der Waals surface area contributed by atoms with Crippen LogP contribution in [0, 0.1) is 6.92 Å². The Balaban J connectivity index is 1.73. The molecule has 0 aromatic heterocycles. The second-order valence-corrected chi connectivity index (χ2v) is 10.4. The molecule has 3 aromatic rings. The Labute approximate surface area is 224 Å². The number of anilines is 1. The van der Waals surface area contributed by atoms with Crippen molar-refractivity contribution in [2.75, 3.05) is 45.8 Å². The predicted molar refractivity (Wildman–Crippen MR) is 146 cm³/mol. The summed E-state index contributed by atoms with van der Waals surface area (Å²) in [5, 5.41) is 2.83. The average Bonchev–Trinajstić information content (AvgIpc) is 2.93. The largest absolute Gasteiger partial charge is 0.493 e. The van der Waals surface area contributed by atoms with Crippen molar-refractivity contribution >= 4 is 21.6 Å². The number of sulfonamides is 1. The fourth-order valence-electron chi connectivity index (χ4n) is 3.87. The molecule has 0 unspecified atom stereocenters. The first kappa shape index (κ1) is 28.6. The number of nitrogens with zero attached hydrogens (tertiary/aromatic N) is 1. The lowest BCUT2D eigenvalue weighted by molar-refractivity contribution is -0.119. The average molecular weight is 543 g/mol. The molecular formula is C28H34N2O7S. The van der Waals surface area contributed by atoms with Crippen LogP contribution in [0.1, 0.15) is 17.5 Å². The van der Waals surface area contributed by atoms with E-state index >= 15 is 0 Å². The van der Waals surface area contributed by atoms with Gasteiger partial charge in [0, 0.05) is 12.6 Å². The van der Waals surface area contributed by atoms with Crippen molar-refractivity contribution in [2.45, 2.75) is 24.7 Å². The lowest BCUT2D eigenvalue weighted by atomic mass is 10.1. The molecule has 0 saturated carbocycles. The number of methoxy groups -OCH3 is 4. The summed E-state index contributed by atoms with van der Waals surface area (Å²) in [5.74, 6) is 1.55. The van der Waals surface area contributed by atoms with Crippen LogP contribution in [-0.2, 0) is 21.2 Å². The molecule has 0 bridgehead atoms. The van der Waals surface area contributed by atoms with Gasteiger partial charge in [-0.1, -0.05) is 23.8 Å². The Morgan fingerprint density at radius 2 is 1.37 bits per heavy atom. The Hall–Kier alpha value is -3.92. The molecule has 0 radical (unpaired) electrons. The van der Waals surface area contributed by atoms with Crippen molar-refractivity contribution < 1.29 is 32.2 Å². The van der Waals surface area contributed by atoms with Gasteiger partial charge in [-0.15, -0.1) is 0 Å². The van der Waals surface area contributed by atoms with Crippen molar-refractivity contribution in [3.8, 4) is 23.0 Å². The molecule has 10 heteroatoms. The van der Waals surface area contributed by atoms with E-state index < -0.39 is 15.9 Å². The van der Waals surface area contributed by atoms with Crippen LogP contribution in [0.25, 0.3) is 0 Å². The molecule has 204 valence electrons. The van der Waals surface area contributed by atoms with Crippen LogP contribution < -0.4 is 28.6 Å². The van der Waals surface area contributed by atoms with Gasteiger partial charge in [-0.05, 0) is 61.7 Å². The second-order valence-electron chi connectivity index (χ2n) is 8.51. The van der Waals surface area contributed by atoms with Crippen molar-refractivity contribution in [3.05, 3.63) is 71.8 Å². The van der Waals surface area contributed by atoms with E-state index in [0.29, 0.717) is 42.3 Å². The standard InChI is InChI=1S/C28H34N2O7S/c1-20-8-11-22(12-9-20)30(38(32,33)23-13-15-25(35-3)27(18-23)37-5)19-28(31)29-16-6-7-21-10-14-24(34-2)26(17-21)36-4/h8-15,17-18H,6-7,16,19H2,1-5H3,(H,29,31). The van der Waals surface area contributed by atoms with Gasteiger partial charge in [0.1, 0.15) is 6.54 Å². The van der Waals surface area contributed by atoms with E-state index in [4.69, 9.17) is 18.9 Å².